The molecular weight excluding hydrogens is 258 g/mol. The molecule has 2 rings (SSSR count). The van der Waals surface area contributed by atoms with Gasteiger partial charge in [0.15, 0.2) is 0 Å². The Balaban J connectivity index is 1.92. The number of nitro groups is 1. The molecule has 1 amide bonds. The van der Waals surface area contributed by atoms with Crippen LogP contribution in [0.2, 0.25) is 0 Å². The highest BCUT2D eigenvalue weighted by atomic mass is 16.6. The Morgan fingerprint density at radius 3 is 2.50 bits per heavy atom. The Bertz CT molecular complexity index is 493. The number of nitrogens with one attached hydrogen (secondary N) is 2. The van der Waals surface area contributed by atoms with Gasteiger partial charge in [0.2, 0.25) is 5.91 Å². The number of hydrogen-bond donors (Lipinski definition) is 2. The molecule has 20 heavy (non-hydrogen) atoms. The summed E-state index contributed by atoms with van der Waals surface area (Å²) in [4.78, 5) is 22.2. The van der Waals surface area contributed by atoms with E-state index in [2.05, 4.69) is 17.6 Å². The Kier molecular flexibility index (Phi) is 4.34. The van der Waals surface area contributed by atoms with Crippen molar-refractivity contribution in [3.63, 3.8) is 0 Å². The minimum Gasteiger partial charge on any atom is -0.351 e. The Morgan fingerprint density at radius 2 is 1.95 bits per heavy atom. The second kappa shape index (κ2) is 6.00. The monoisotopic (exact) mass is 277 g/mol. The minimum absolute atomic E-state index is 0.0387. The summed E-state index contributed by atoms with van der Waals surface area (Å²) in [6.45, 7) is 3.88. The summed E-state index contributed by atoms with van der Waals surface area (Å²) in [5, 5.41) is 16.9. The van der Waals surface area contributed by atoms with Crippen LogP contribution in [0, 0.1) is 10.1 Å². The molecule has 1 fully saturated rings. The average molecular weight is 277 g/mol. The number of rotatable bonds is 4. The highest BCUT2D eigenvalue weighted by molar-refractivity contribution is 5.79. The predicted octanol–water partition coefficient (Wildman–Crippen LogP) is 1.40. The van der Waals surface area contributed by atoms with E-state index < -0.39 is 4.92 Å². The van der Waals surface area contributed by atoms with Crippen LogP contribution in [-0.2, 0) is 11.2 Å². The maximum absolute atomic E-state index is 12.0. The molecule has 0 aromatic heterocycles. The van der Waals surface area contributed by atoms with Crippen molar-refractivity contribution in [3.8, 4) is 0 Å². The van der Waals surface area contributed by atoms with Gasteiger partial charge in [-0.1, -0.05) is 12.1 Å². The van der Waals surface area contributed by atoms with Gasteiger partial charge < -0.3 is 10.6 Å². The van der Waals surface area contributed by atoms with Crippen LogP contribution in [0.1, 0.15) is 25.3 Å². The van der Waals surface area contributed by atoms with Gasteiger partial charge in [0.25, 0.3) is 5.69 Å². The van der Waals surface area contributed by atoms with Crippen LogP contribution in [0.5, 0.6) is 0 Å². The van der Waals surface area contributed by atoms with E-state index in [1.165, 1.54) is 12.1 Å². The zero-order valence-corrected chi connectivity index (χ0v) is 11.5. The van der Waals surface area contributed by atoms with Gasteiger partial charge in [-0.25, -0.2) is 0 Å². The molecule has 6 nitrogen and oxygen atoms in total. The third kappa shape index (κ3) is 3.77. The molecule has 1 heterocycles. The first kappa shape index (κ1) is 14.5. The zero-order chi connectivity index (χ0) is 14.6. The van der Waals surface area contributed by atoms with Crippen LogP contribution in [0.4, 0.5) is 5.69 Å². The van der Waals surface area contributed by atoms with Gasteiger partial charge in [-0.3, -0.25) is 14.9 Å². The molecule has 1 aromatic carbocycles. The zero-order valence-electron chi connectivity index (χ0n) is 11.5. The van der Waals surface area contributed by atoms with Crippen LogP contribution in [0.15, 0.2) is 24.3 Å². The summed E-state index contributed by atoms with van der Waals surface area (Å²) in [7, 11) is 0. The molecule has 1 aliphatic heterocycles. The van der Waals surface area contributed by atoms with Crippen LogP contribution >= 0.6 is 0 Å². The Labute approximate surface area is 117 Å². The van der Waals surface area contributed by atoms with E-state index in [0.29, 0.717) is 0 Å². The summed E-state index contributed by atoms with van der Waals surface area (Å²) >= 11 is 0. The molecular formula is C14H19N3O3. The Hall–Kier alpha value is -1.95. The van der Waals surface area contributed by atoms with Crippen molar-refractivity contribution in [2.45, 2.75) is 31.7 Å². The third-order valence-corrected chi connectivity index (χ3v) is 3.66. The molecule has 0 atom stereocenters. The van der Waals surface area contributed by atoms with Crippen LogP contribution in [0.25, 0.3) is 0 Å². The average Bonchev–Trinajstić information content (AvgIpc) is 2.39. The van der Waals surface area contributed by atoms with Crippen molar-refractivity contribution in [3.05, 3.63) is 39.9 Å². The molecule has 0 radical (unpaired) electrons. The summed E-state index contributed by atoms with van der Waals surface area (Å²) in [6.07, 6.45) is 2.08. The molecule has 0 saturated carbocycles. The fourth-order valence-corrected chi connectivity index (χ4v) is 2.41. The highest BCUT2D eigenvalue weighted by Crippen LogP contribution is 2.18. The van der Waals surface area contributed by atoms with E-state index in [1.807, 2.05) is 0 Å². The maximum atomic E-state index is 12.0. The van der Waals surface area contributed by atoms with Crippen molar-refractivity contribution in [1.29, 1.82) is 0 Å². The quantitative estimate of drug-likeness (QED) is 0.643. The lowest BCUT2D eigenvalue weighted by atomic mass is 9.90. The van der Waals surface area contributed by atoms with Crippen molar-refractivity contribution in [1.82, 2.24) is 10.6 Å². The largest absolute Gasteiger partial charge is 0.351 e. The molecule has 0 unspecified atom stereocenters. The fraction of sp³-hybridized carbons (Fsp3) is 0.500. The molecule has 108 valence electrons. The van der Waals surface area contributed by atoms with Gasteiger partial charge in [-0.15, -0.1) is 0 Å². The van der Waals surface area contributed by atoms with E-state index in [-0.39, 0.29) is 23.6 Å². The number of carbonyl (C=O) groups excluding carboxylic acids is 1. The third-order valence-electron chi connectivity index (χ3n) is 3.66. The van der Waals surface area contributed by atoms with Crippen molar-refractivity contribution >= 4 is 11.6 Å². The fourth-order valence-electron chi connectivity index (χ4n) is 2.41. The van der Waals surface area contributed by atoms with E-state index in [9.17, 15) is 14.9 Å². The normalized spacial score (nSPS) is 17.4. The van der Waals surface area contributed by atoms with Crippen molar-refractivity contribution in [2.75, 3.05) is 13.1 Å². The van der Waals surface area contributed by atoms with Crippen LogP contribution in [0.3, 0.4) is 0 Å². The van der Waals surface area contributed by atoms with E-state index in [1.54, 1.807) is 12.1 Å². The van der Waals surface area contributed by atoms with Gasteiger partial charge in [0, 0.05) is 17.7 Å². The summed E-state index contributed by atoms with van der Waals surface area (Å²) in [6, 6.07) is 6.11. The van der Waals surface area contributed by atoms with E-state index in [0.717, 1.165) is 31.5 Å². The molecule has 0 spiro atoms. The molecule has 1 aromatic rings. The number of nitro benzene ring substituents is 1. The number of hydrogen-bond acceptors (Lipinski definition) is 4. The van der Waals surface area contributed by atoms with Crippen LogP contribution < -0.4 is 10.6 Å². The van der Waals surface area contributed by atoms with Gasteiger partial charge >= 0.3 is 0 Å². The molecule has 6 heteroatoms. The van der Waals surface area contributed by atoms with Gasteiger partial charge in [0.1, 0.15) is 0 Å². The number of carbonyl (C=O) groups is 1. The molecule has 2 N–H and O–H groups in total. The van der Waals surface area contributed by atoms with Gasteiger partial charge in [-0.2, -0.15) is 0 Å². The number of amides is 1. The second-order valence-electron chi connectivity index (χ2n) is 5.46. The smallest absolute Gasteiger partial charge is 0.269 e. The number of piperidine rings is 1. The van der Waals surface area contributed by atoms with Crippen molar-refractivity contribution < 1.29 is 9.72 Å². The number of non-ortho nitro benzene ring substituents is 1. The second-order valence-corrected chi connectivity index (χ2v) is 5.46. The Morgan fingerprint density at radius 1 is 1.35 bits per heavy atom. The summed E-state index contributed by atoms with van der Waals surface area (Å²) in [5.41, 5.74) is 0.674. The predicted molar refractivity (Wildman–Crippen MR) is 75.5 cm³/mol. The number of benzene rings is 1. The topological polar surface area (TPSA) is 84.3 Å². The van der Waals surface area contributed by atoms with E-state index >= 15 is 0 Å². The van der Waals surface area contributed by atoms with Gasteiger partial charge in [0.05, 0.1) is 11.3 Å². The highest BCUT2D eigenvalue weighted by Gasteiger charge is 2.28. The van der Waals surface area contributed by atoms with E-state index in [4.69, 9.17) is 0 Å². The lowest BCUT2D eigenvalue weighted by Crippen LogP contribution is -2.52. The first-order chi connectivity index (χ1) is 9.48. The summed E-state index contributed by atoms with van der Waals surface area (Å²) in [5.74, 6) is -0.0387. The molecule has 0 bridgehead atoms. The summed E-state index contributed by atoms with van der Waals surface area (Å²) < 4.78 is 0. The first-order valence-corrected chi connectivity index (χ1v) is 6.74. The SMILES string of the molecule is CC1(NC(=O)Cc2ccc([N+](=O)[O-])cc2)CCNCC1. The molecule has 1 saturated heterocycles. The molecule has 0 aliphatic carbocycles. The van der Waals surface area contributed by atoms with Crippen molar-refractivity contribution in [2.24, 2.45) is 0 Å². The van der Waals surface area contributed by atoms with Crippen LogP contribution in [-0.4, -0.2) is 29.5 Å². The maximum Gasteiger partial charge on any atom is 0.269 e. The standard InChI is InChI=1S/C14H19N3O3/c1-14(6-8-15-9-7-14)16-13(18)10-11-2-4-12(5-3-11)17(19)20/h2-5,15H,6-10H2,1H3,(H,16,18). The van der Waals surface area contributed by atoms with Gasteiger partial charge in [-0.05, 0) is 38.4 Å². The lowest BCUT2D eigenvalue weighted by Gasteiger charge is -2.35. The molecule has 1 aliphatic rings. The lowest BCUT2D eigenvalue weighted by molar-refractivity contribution is -0.384. The number of nitrogens with zero attached hydrogens (tertiary/aromatic N) is 1. The first-order valence-electron chi connectivity index (χ1n) is 6.74. The minimum atomic E-state index is -0.445.